The Hall–Kier alpha value is -2.11. The lowest BCUT2D eigenvalue weighted by molar-refractivity contribution is 0.497. The quantitative estimate of drug-likeness (QED) is 0.413. The first kappa shape index (κ1) is 18.7. The first-order chi connectivity index (χ1) is 12.4. The highest BCUT2D eigenvalue weighted by atomic mass is 35.5. The molecule has 26 heavy (non-hydrogen) atoms. The zero-order valence-corrected chi connectivity index (χ0v) is 17.1. The summed E-state index contributed by atoms with van der Waals surface area (Å²) in [4.78, 5) is 4.33. The average Bonchev–Trinajstić information content (AvgIpc) is 3.00. The van der Waals surface area contributed by atoms with Gasteiger partial charge in [0.25, 0.3) is 0 Å². The van der Waals surface area contributed by atoms with Crippen molar-refractivity contribution in [2.75, 3.05) is 12.4 Å². The number of aliphatic imine (C=N–C) groups is 1. The average molecular weight is 388 g/mol. The Morgan fingerprint density at radius 2 is 2.00 bits per heavy atom. The number of anilines is 1. The summed E-state index contributed by atoms with van der Waals surface area (Å²) in [5.74, 6) is 2.10. The van der Waals surface area contributed by atoms with Crippen molar-refractivity contribution in [1.82, 2.24) is 4.37 Å². The number of benzene rings is 2. The Kier molecular flexibility index (Phi) is 5.49. The van der Waals surface area contributed by atoms with Crippen LogP contribution in [0.1, 0.15) is 25.0 Å². The summed E-state index contributed by atoms with van der Waals surface area (Å²) >= 11 is 7.65. The zero-order valence-electron chi connectivity index (χ0n) is 15.6. The van der Waals surface area contributed by atoms with Crippen LogP contribution >= 0.6 is 23.1 Å². The number of halogens is 1. The molecular formula is C20H22ClN3OS. The van der Waals surface area contributed by atoms with E-state index in [2.05, 4.69) is 41.5 Å². The molecular weight excluding hydrogens is 366 g/mol. The second kappa shape index (κ2) is 7.64. The Balaban J connectivity index is 1.93. The van der Waals surface area contributed by atoms with Gasteiger partial charge in [0.1, 0.15) is 11.6 Å². The molecule has 2 aromatic carbocycles. The van der Waals surface area contributed by atoms with Gasteiger partial charge in [0.15, 0.2) is 0 Å². The zero-order chi connectivity index (χ0) is 18.8. The van der Waals surface area contributed by atoms with Gasteiger partial charge in [0.05, 0.1) is 15.9 Å². The molecule has 0 aliphatic carbocycles. The van der Waals surface area contributed by atoms with Crippen LogP contribution < -0.4 is 10.1 Å². The fourth-order valence-corrected chi connectivity index (χ4v) is 3.81. The lowest BCUT2D eigenvalue weighted by Gasteiger charge is -2.17. The molecule has 0 aliphatic heterocycles. The summed E-state index contributed by atoms with van der Waals surface area (Å²) in [6.45, 7) is 8.32. The van der Waals surface area contributed by atoms with Crippen molar-refractivity contribution < 1.29 is 4.74 Å². The third-order valence-electron chi connectivity index (χ3n) is 4.20. The van der Waals surface area contributed by atoms with Gasteiger partial charge in [-0.2, -0.15) is 4.37 Å². The van der Waals surface area contributed by atoms with Gasteiger partial charge in [-0.1, -0.05) is 31.5 Å². The van der Waals surface area contributed by atoms with Crippen LogP contribution in [0.15, 0.2) is 35.3 Å². The number of fused-ring (bicyclic) bond motifs is 1. The van der Waals surface area contributed by atoms with Gasteiger partial charge in [-0.05, 0) is 49.2 Å². The Morgan fingerprint density at radius 1 is 1.23 bits per heavy atom. The molecule has 6 heteroatoms. The van der Waals surface area contributed by atoms with E-state index in [9.17, 15) is 0 Å². The van der Waals surface area contributed by atoms with Gasteiger partial charge in [0, 0.05) is 30.2 Å². The number of nitrogens with zero attached hydrogens (tertiary/aromatic N) is 2. The molecule has 1 N–H and O–H groups in total. The molecule has 0 saturated heterocycles. The van der Waals surface area contributed by atoms with Crippen molar-refractivity contribution >= 4 is 45.6 Å². The minimum Gasteiger partial charge on any atom is -0.444 e. The summed E-state index contributed by atoms with van der Waals surface area (Å²) in [7, 11) is 1.81. The van der Waals surface area contributed by atoms with E-state index in [1.165, 1.54) is 11.5 Å². The normalized spacial score (nSPS) is 12.0. The molecule has 1 aromatic heterocycles. The fraction of sp³-hybridized carbons (Fsp3) is 0.300. The third-order valence-corrected chi connectivity index (χ3v) is 5.25. The summed E-state index contributed by atoms with van der Waals surface area (Å²) in [6.07, 6.45) is 0. The van der Waals surface area contributed by atoms with Crippen molar-refractivity contribution in [3.63, 3.8) is 0 Å². The first-order valence-electron chi connectivity index (χ1n) is 8.47. The van der Waals surface area contributed by atoms with Crippen molar-refractivity contribution in [3.8, 4) is 10.8 Å². The monoisotopic (exact) mass is 387 g/mol. The van der Waals surface area contributed by atoms with Crippen molar-refractivity contribution in [3.05, 3.63) is 46.5 Å². The molecule has 0 aliphatic rings. The lowest BCUT2D eigenvalue weighted by Crippen LogP contribution is -2.19. The van der Waals surface area contributed by atoms with Crippen molar-refractivity contribution in [1.29, 1.82) is 0 Å². The van der Waals surface area contributed by atoms with Crippen molar-refractivity contribution in [2.24, 2.45) is 10.9 Å². The predicted molar refractivity (Wildman–Crippen MR) is 112 cm³/mol. The highest BCUT2D eigenvalue weighted by Crippen LogP contribution is 2.40. The molecule has 3 rings (SSSR count). The van der Waals surface area contributed by atoms with E-state index < -0.39 is 0 Å². The van der Waals surface area contributed by atoms with Crippen LogP contribution in [0.2, 0.25) is 5.02 Å². The fourth-order valence-electron chi connectivity index (χ4n) is 2.73. The number of aryl methyl sites for hydroxylation is 2. The number of hydrogen-bond acceptors (Lipinski definition) is 4. The number of hydrogen-bond donors (Lipinski definition) is 1. The molecule has 4 nitrogen and oxygen atoms in total. The number of ether oxygens (including phenoxy) is 1. The molecule has 0 atom stereocenters. The van der Waals surface area contributed by atoms with Crippen LogP contribution in [-0.2, 0) is 0 Å². The Labute approximate surface area is 163 Å². The predicted octanol–water partition coefficient (Wildman–Crippen LogP) is 6.46. The number of amidine groups is 1. The van der Waals surface area contributed by atoms with Crippen LogP contribution in [-0.4, -0.2) is 17.3 Å². The number of aromatic nitrogens is 1. The molecule has 0 amide bonds. The van der Waals surface area contributed by atoms with Crippen LogP contribution in [0.3, 0.4) is 0 Å². The SMILES string of the molecule is CN=C(Nc1cc(C)c(Oc2snc3cccc(Cl)c23)cc1C)C(C)C. The lowest BCUT2D eigenvalue weighted by atomic mass is 10.1. The van der Waals surface area contributed by atoms with Crippen LogP contribution in [0, 0.1) is 19.8 Å². The molecule has 0 radical (unpaired) electrons. The maximum absolute atomic E-state index is 6.33. The molecule has 0 bridgehead atoms. The van der Waals surface area contributed by atoms with E-state index >= 15 is 0 Å². The van der Waals surface area contributed by atoms with Gasteiger partial charge < -0.3 is 10.1 Å². The summed E-state index contributed by atoms with van der Waals surface area (Å²) in [6, 6.07) is 9.81. The van der Waals surface area contributed by atoms with Gasteiger partial charge in [-0.15, -0.1) is 0 Å². The Morgan fingerprint density at radius 3 is 2.69 bits per heavy atom. The van der Waals surface area contributed by atoms with E-state index in [0.29, 0.717) is 16.0 Å². The minimum absolute atomic E-state index is 0.335. The molecule has 0 saturated carbocycles. The maximum Gasteiger partial charge on any atom is 0.209 e. The van der Waals surface area contributed by atoms with Crippen LogP contribution in [0.5, 0.6) is 10.8 Å². The van der Waals surface area contributed by atoms with E-state index in [1.807, 2.05) is 31.2 Å². The number of nitrogens with one attached hydrogen (secondary N) is 1. The van der Waals surface area contributed by atoms with Crippen LogP contribution in [0.4, 0.5) is 5.69 Å². The molecule has 0 fully saturated rings. The minimum atomic E-state index is 0.335. The molecule has 0 spiro atoms. The van der Waals surface area contributed by atoms with Gasteiger partial charge in [0.2, 0.25) is 5.06 Å². The number of rotatable bonds is 4. The maximum atomic E-state index is 6.33. The van der Waals surface area contributed by atoms with Gasteiger partial charge in [-0.25, -0.2) is 0 Å². The highest BCUT2D eigenvalue weighted by Gasteiger charge is 2.15. The molecule has 0 unspecified atom stereocenters. The second-order valence-corrected chi connectivity index (χ2v) is 7.67. The second-order valence-electron chi connectivity index (χ2n) is 6.53. The van der Waals surface area contributed by atoms with E-state index in [0.717, 1.165) is 39.3 Å². The van der Waals surface area contributed by atoms with E-state index in [-0.39, 0.29) is 0 Å². The summed E-state index contributed by atoms with van der Waals surface area (Å²) < 4.78 is 10.6. The van der Waals surface area contributed by atoms with Crippen LogP contribution in [0.25, 0.3) is 10.9 Å². The summed E-state index contributed by atoms with van der Waals surface area (Å²) in [5, 5.41) is 5.65. The van der Waals surface area contributed by atoms with Gasteiger partial charge >= 0.3 is 0 Å². The van der Waals surface area contributed by atoms with E-state index in [1.54, 1.807) is 7.05 Å². The smallest absolute Gasteiger partial charge is 0.209 e. The Bertz CT molecular complexity index is 979. The largest absolute Gasteiger partial charge is 0.444 e. The first-order valence-corrected chi connectivity index (χ1v) is 9.62. The summed E-state index contributed by atoms with van der Waals surface area (Å²) in [5.41, 5.74) is 4.01. The molecule has 3 aromatic rings. The molecule has 1 heterocycles. The van der Waals surface area contributed by atoms with Gasteiger partial charge in [-0.3, -0.25) is 4.99 Å². The topological polar surface area (TPSA) is 46.5 Å². The van der Waals surface area contributed by atoms with E-state index in [4.69, 9.17) is 16.3 Å². The highest BCUT2D eigenvalue weighted by molar-refractivity contribution is 7.09. The van der Waals surface area contributed by atoms with Crippen molar-refractivity contribution in [2.45, 2.75) is 27.7 Å². The standard InChI is InChI=1S/C20H22ClN3OS/c1-11(2)19(22-5)23-16-9-13(4)17(10-12(16)3)25-20-18-14(21)7-6-8-15(18)24-26-20/h6-11H,1-5H3,(H,22,23). The third kappa shape index (κ3) is 3.69. The molecule has 136 valence electrons.